The summed E-state index contributed by atoms with van der Waals surface area (Å²) < 4.78 is 29.0. The van der Waals surface area contributed by atoms with Gasteiger partial charge in [0.2, 0.25) is 5.91 Å². The number of amides is 3. The molecule has 0 fully saturated rings. The fraction of sp³-hybridized carbons (Fsp3) is 0.176. The molecule has 0 spiro atoms. The number of hydrogen-bond donors (Lipinski definition) is 3. The van der Waals surface area contributed by atoms with Gasteiger partial charge in [0.1, 0.15) is 5.75 Å². The summed E-state index contributed by atoms with van der Waals surface area (Å²) in [6.45, 7) is -2.97. The molecule has 0 radical (unpaired) electrons. The maximum Gasteiger partial charge on any atom is 0.387 e. The molecule has 0 aromatic heterocycles. The number of ether oxygens (including phenoxy) is 1. The normalized spacial score (nSPS) is 10.2. The largest absolute Gasteiger partial charge is 0.433 e. The number of carbonyl (C=O) groups excluding carboxylic acids is 2. The zero-order valence-corrected chi connectivity index (χ0v) is 13.2. The number of benzene rings is 2. The molecule has 0 heterocycles. The van der Waals surface area contributed by atoms with Crippen molar-refractivity contribution in [1.82, 2.24) is 10.6 Å². The lowest BCUT2D eigenvalue weighted by Crippen LogP contribution is -2.41. The summed E-state index contributed by atoms with van der Waals surface area (Å²) in [5, 5.41) is 7.33. The van der Waals surface area contributed by atoms with Crippen LogP contribution in [-0.4, -0.2) is 25.1 Å². The summed E-state index contributed by atoms with van der Waals surface area (Å²) in [4.78, 5) is 23.4. The molecule has 0 saturated heterocycles. The van der Waals surface area contributed by atoms with Gasteiger partial charge < -0.3 is 15.4 Å². The molecule has 6 nitrogen and oxygen atoms in total. The molecular formula is C17H17F2N3O3. The van der Waals surface area contributed by atoms with E-state index in [1.54, 1.807) is 6.07 Å². The maximum absolute atomic E-state index is 12.3. The van der Waals surface area contributed by atoms with Crippen LogP contribution < -0.4 is 20.7 Å². The van der Waals surface area contributed by atoms with E-state index < -0.39 is 18.5 Å². The first kappa shape index (κ1) is 18.2. The zero-order chi connectivity index (χ0) is 18.1. The molecule has 0 aliphatic rings. The van der Waals surface area contributed by atoms with Gasteiger partial charge in [-0.2, -0.15) is 8.78 Å². The van der Waals surface area contributed by atoms with Crippen molar-refractivity contribution in [3.8, 4) is 5.75 Å². The topological polar surface area (TPSA) is 79.5 Å². The van der Waals surface area contributed by atoms with E-state index in [-0.39, 0.29) is 24.5 Å². The number of hydrogen-bond acceptors (Lipinski definition) is 4. The van der Waals surface area contributed by atoms with Crippen molar-refractivity contribution < 1.29 is 23.1 Å². The van der Waals surface area contributed by atoms with Crippen LogP contribution in [0.25, 0.3) is 0 Å². The Kier molecular flexibility index (Phi) is 6.70. The van der Waals surface area contributed by atoms with Crippen LogP contribution in [0.15, 0.2) is 54.6 Å². The second kappa shape index (κ2) is 9.21. The number of halogens is 2. The van der Waals surface area contributed by atoms with E-state index in [4.69, 9.17) is 0 Å². The van der Waals surface area contributed by atoms with Gasteiger partial charge in [-0.25, -0.2) is 4.79 Å². The first-order valence-electron chi connectivity index (χ1n) is 7.44. The maximum atomic E-state index is 12.3. The molecule has 2 rings (SSSR count). The smallest absolute Gasteiger partial charge is 0.387 e. The Labute approximate surface area is 143 Å². The lowest BCUT2D eigenvalue weighted by molar-refractivity contribution is -0.118. The zero-order valence-electron chi connectivity index (χ0n) is 13.2. The monoisotopic (exact) mass is 349 g/mol. The van der Waals surface area contributed by atoms with E-state index in [1.165, 1.54) is 18.2 Å². The minimum Gasteiger partial charge on any atom is -0.433 e. The third kappa shape index (κ3) is 6.46. The van der Waals surface area contributed by atoms with Crippen LogP contribution >= 0.6 is 0 Å². The fourth-order valence-electron chi connectivity index (χ4n) is 1.98. The van der Waals surface area contributed by atoms with E-state index in [0.717, 1.165) is 5.56 Å². The molecule has 0 saturated carbocycles. The third-order valence-corrected chi connectivity index (χ3v) is 3.09. The van der Waals surface area contributed by atoms with E-state index in [2.05, 4.69) is 20.7 Å². The van der Waals surface area contributed by atoms with Crippen LogP contribution in [0.1, 0.15) is 5.56 Å². The molecule has 8 heteroatoms. The van der Waals surface area contributed by atoms with Crippen molar-refractivity contribution >= 4 is 17.6 Å². The molecule has 0 bridgehead atoms. The lowest BCUT2D eigenvalue weighted by Gasteiger charge is -2.12. The van der Waals surface area contributed by atoms with Gasteiger partial charge in [-0.05, 0) is 17.7 Å². The summed E-state index contributed by atoms with van der Waals surface area (Å²) in [6, 6.07) is 14.5. The highest BCUT2D eigenvalue weighted by molar-refractivity contribution is 5.96. The molecule has 132 valence electrons. The number of para-hydroxylation sites is 2. The minimum absolute atomic E-state index is 0.0844. The van der Waals surface area contributed by atoms with Crippen LogP contribution in [0.3, 0.4) is 0 Å². The molecule has 0 aliphatic heterocycles. The highest BCUT2D eigenvalue weighted by atomic mass is 19.3. The quantitative estimate of drug-likeness (QED) is 0.718. The Bertz CT molecular complexity index is 711. The van der Waals surface area contributed by atoms with Crippen molar-refractivity contribution in [1.29, 1.82) is 0 Å². The standard InChI is InChI=1S/C17H17F2N3O3/c18-16(19)25-14-9-5-4-8-13(14)20-11-15(23)22-17(24)21-10-12-6-2-1-3-7-12/h1-9,16,20H,10-11H2,(H2,21,22,23,24). The highest BCUT2D eigenvalue weighted by Gasteiger charge is 2.11. The number of nitrogens with one attached hydrogen (secondary N) is 3. The molecule has 3 amide bonds. The van der Waals surface area contributed by atoms with E-state index in [1.807, 2.05) is 30.3 Å². The predicted octanol–water partition coefficient (Wildman–Crippen LogP) is 2.73. The fourth-order valence-corrected chi connectivity index (χ4v) is 1.98. The number of urea groups is 1. The summed E-state index contributed by atoms with van der Waals surface area (Å²) >= 11 is 0. The van der Waals surface area contributed by atoms with Crippen LogP contribution in [0, 0.1) is 0 Å². The summed E-state index contributed by atoms with van der Waals surface area (Å²) in [5.41, 5.74) is 1.11. The van der Waals surface area contributed by atoms with Crippen LogP contribution in [0.2, 0.25) is 0 Å². The van der Waals surface area contributed by atoms with E-state index in [9.17, 15) is 18.4 Å². The molecule has 3 N–H and O–H groups in total. The number of rotatable bonds is 7. The summed E-state index contributed by atoms with van der Waals surface area (Å²) in [6.07, 6.45) is 0. The summed E-state index contributed by atoms with van der Waals surface area (Å²) in [5.74, 6) is -0.698. The van der Waals surface area contributed by atoms with Gasteiger partial charge in [0.25, 0.3) is 0 Å². The molecule has 25 heavy (non-hydrogen) atoms. The van der Waals surface area contributed by atoms with Crippen molar-refractivity contribution in [3.63, 3.8) is 0 Å². The lowest BCUT2D eigenvalue weighted by atomic mass is 10.2. The van der Waals surface area contributed by atoms with Gasteiger partial charge in [0.05, 0.1) is 12.2 Å². The minimum atomic E-state index is -2.97. The van der Waals surface area contributed by atoms with Gasteiger partial charge in [-0.3, -0.25) is 10.1 Å². The van der Waals surface area contributed by atoms with Crippen molar-refractivity contribution in [3.05, 3.63) is 60.2 Å². The predicted molar refractivity (Wildman–Crippen MR) is 88.4 cm³/mol. The average Bonchev–Trinajstić information content (AvgIpc) is 2.59. The molecule has 2 aromatic rings. The number of alkyl halides is 2. The molecule has 0 atom stereocenters. The first-order chi connectivity index (χ1) is 12.0. The molecule has 0 unspecified atom stereocenters. The third-order valence-electron chi connectivity index (χ3n) is 3.09. The second-order valence-corrected chi connectivity index (χ2v) is 4.94. The van der Waals surface area contributed by atoms with Crippen LogP contribution in [0.4, 0.5) is 19.3 Å². The summed E-state index contributed by atoms with van der Waals surface area (Å²) in [7, 11) is 0. The molecule has 0 aliphatic carbocycles. The molecular weight excluding hydrogens is 332 g/mol. The van der Waals surface area contributed by atoms with Gasteiger partial charge >= 0.3 is 12.6 Å². The highest BCUT2D eigenvalue weighted by Crippen LogP contribution is 2.25. The average molecular weight is 349 g/mol. The van der Waals surface area contributed by atoms with Crippen LogP contribution in [-0.2, 0) is 11.3 Å². The van der Waals surface area contributed by atoms with Crippen molar-refractivity contribution in [2.24, 2.45) is 0 Å². The Morgan fingerprint density at radius 1 is 1.00 bits per heavy atom. The van der Waals surface area contributed by atoms with E-state index in [0.29, 0.717) is 0 Å². The second-order valence-electron chi connectivity index (χ2n) is 4.94. The Hall–Kier alpha value is -3.16. The van der Waals surface area contributed by atoms with Gasteiger partial charge in [0, 0.05) is 6.54 Å². The SMILES string of the molecule is O=C(CNc1ccccc1OC(F)F)NC(=O)NCc1ccccc1. The van der Waals surface area contributed by atoms with Crippen LogP contribution in [0.5, 0.6) is 5.75 Å². The first-order valence-corrected chi connectivity index (χ1v) is 7.44. The number of carbonyl (C=O) groups is 2. The Balaban J connectivity index is 1.78. The van der Waals surface area contributed by atoms with Gasteiger partial charge in [-0.15, -0.1) is 0 Å². The van der Waals surface area contributed by atoms with Gasteiger partial charge in [0.15, 0.2) is 0 Å². The number of anilines is 1. The Morgan fingerprint density at radius 3 is 2.40 bits per heavy atom. The Morgan fingerprint density at radius 2 is 1.68 bits per heavy atom. The van der Waals surface area contributed by atoms with E-state index >= 15 is 0 Å². The van der Waals surface area contributed by atoms with Gasteiger partial charge in [-0.1, -0.05) is 42.5 Å². The molecule has 2 aromatic carbocycles. The van der Waals surface area contributed by atoms with Crippen molar-refractivity contribution in [2.45, 2.75) is 13.2 Å². The van der Waals surface area contributed by atoms with Crippen molar-refractivity contribution in [2.75, 3.05) is 11.9 Å². The number of imide groups is 1.